The first-order valence-electron chi connectivity index (χ1n) is 5.15. The van der Waals surface area contributed by atoms with Crippen LogP contribution in [0.2, 0.25) is 0 Å². The molecule has 2 heterocycles. The van der Waals surface area contributed by atoms with E-state index < -0.39 is 11.1 Å². The molecule has 2 rings (SSSR count). The molecule has 1 saturated heterocycles. The van der Waals surface area contributed by atoms with Gasteiger partial charge in [-0.15, -0.1) is 0 Å². The van der Waals surface area contributed by atoms with Gasteiger partial charge < -0.3 is 14.5 Å². The summed E-state index contributed by atoms with van der Waals surface area (Å²) >= 11 is 0. The first-order chi connectivity index (χ1) is 7.18. The largest absolute Gasteiger partial charge is 0.316 e. The van der Waals surface area contributed by atoms with Crippen molar-refractivity contribution < 1.29 is 0 Å². The van der Waals surface area contributed by atoms with Gasteiger partial charge in [0, 0.05) is 26.0 Å². The zero-order valence-corrected chi connectivity index (χ0v) is 8.77. The Morgan fingerprint density at radius 3 is 2.87 bits per heavy atom. The van der Waals surface area contributed by atoms with Gasteiger partial charge in [0.2, 0.25) is 0 Å². The minimum absolute atomic E-state index is 0.424. The van der Waals surface area contributed by atoms with Gasteiger partial charge in [-0.3, -0.25) is 9.59 Å². The van der Waals surface area contributed by atoms with Crippen LogP contribution in [0.4, 0.5) is 0 Å². The average molecular weight is 209 g/mol. The van der Waals surface area contributed by atoms with Crippen LogP contribution in [0.5, 0.6) is 0 Å². The number of nitrogens with one attached hydrogen (secondary N) is 1. The van der Waals surface area contributed by atoms with Crippen LogP contribution in [0.1, 0.15) is 6.42 Å². The van der Waals surface area contributed by atoms with E-state index in [1.165, 1.54) is 9.13 Å². The topological polar surface area (TPSA) is 56.0 Å². The van der Waals surface area contributed by atoms with Crippen molar-refractivity contribution in [2.24, 2.45) is 13.0 Å². The van der Waals surface area contributed by atoms with Gasteiger partial charge in [-0.1, -0.05) is 0 Å². The zero-order chi connectivity index (χ0) is 10.8. The molecule has 0 aliphatic carbocycles. The highest BCUT2D eigenvalue weighted by molar-refractivity contribution is 4.86. The third-order valence-electron chi connectivity index (χ3n) is 2.85. The lowest BCUT2D eigenvalue weighted by atomic mass is 10.1. The summed E-state index contributed by atoms with van der Waals surface area (Å²) in [6.45, 7) is 2.58. The Morgan fingerprint density at radius 1 is 1.40 bits per heavy atom. The molecule has 0 aromatic carbocycles. The maximum absolute atomic E-state index is 11.6. The predicted octanol–water partition coefficient (Wildman–Crippen LogP) is -0.843. The molecule has 15 heavy (non-hydrogen) atoms. The molecule has 0 spiro atoms. The summed E-state index contributed by atoms with van der Waals surface area (Å²) in [5.74, 6) is 0.467. The summed E-state index contributed by atoms with van der Waals surface area (Å²) in [6, 6.07) is 0. The van der Waals surface area contributed by atoms with E-state index in [0.717, 1.165) is 19.5 Å². The monoisotopic (exact) mass is 209 g/mol. The number of hydrogen-bond acceptors (Lipinski definition) is 3. The summed E-state index contributed by atoms with van der Waals surface area (Å²) in [5, 5.41) is 3.24. The molecule has 0 radical (unpaired) electrons. The second-order valence-corrected chi connectivity index (χ2v) is 4.03. The van der Waals surface area contributed by atoms with Crippen LogP contribution in [0.15, 0.2) is 22.0 Å². The van der Waals surface area contributed by atoms with Gasteiger partial charge in [-0.25, -0.2) is 0 Å². The maximum Gasteiger partial charge on any atom is 0.316 e. The normalized spacial score (nSPS) is 20.7. The van der Waals surface area contributed by atoms with Crippen molar-refractivity contribution in [2.45, 2.75) is 13.0 Å². The van der Waals surface area contributed by atoms with Crippen LogP contribution < -0.4 is 16.4 Å². The van der Waals surface area contributed by atoms with Crippen molar-refractivity contribution in [3.8, 4) is 0 Å². The summed E-state index contributed by atoms with van der Waals surface area (Å²) in [4.78, 5) is 23.0. The molecule has 0 bridgehead atoms. The van der Waals surface area contributed by atoms with Crippen molar-refractivity contribution >= 4 is 0 Å². The Bertz CT molecular complexity index is 454. The van der Waals surface area contributed by atoms with Gasteiger partial charge >= 0.3 is 11.1 Å². The molecule has 0 amide bonds. The van der Waals surface area contributed by atoms with Gasteiger partial charge in [0.25, 0.3) is 0 Å². The first-order valence-corrected chi connectivity index (χ1v) is 5.15. The third kappa shape index (κ3) is 2.02. The molecule has 1 aliphatic heterocycles. The zero-order valence-electron chi connectivity index (χ0n) is 8.77. The Balaban J connectivity index is 2.25. The lowest BCUT2D eigenvalue weighted by Crippen LogP contribution is -2.40. The highest BCUT2D eigenvalue weighted by Gasteiger charge is 2.15. The molecule has 1 atom stereocenters. The minimum Gasteiger partial charge on any atom is -0.316 e. The standard InChI is InChI=1S/C10H15N3O2/c1-12-4-5-13(10(15)9(12)14)7-8-2-3-11-6-8/h4-5,8,11H,2-3,6-7H2,1H3. The van der Waals surface area contributed by atoms with Crippen molar-refractivity contribution in [1.29, 1.82) is 0 Å². The molecule has 1 fully saturated rings. The SMILES string of the molecule is Cn1ccn(CC2CCNC2)c(=O)c1=O. The molecule has 5 heteroatoms. The molecule has 5 nitrogen and oxygen atoms in total. The van der Waals surface area contributed by atoms with Crippen LogP contribution in [0, 0.1) is 5.92 Å². The minimum atomic E-state index is -0.455. The Morgan fingerprint density at radius 2 is 2.20 bits per heavy atom. The summed E-state index contributed by atoms with van der Waals surface area (Å²) in [7, 11) is 1.59. The molecule has 1 aromatic rings. The Labute approximate surface area is 87.3 Å². The number of aryl methyl sites for hydroxylation is 1. The lowest BCUT2D eigenvalue weighted by molar-refractivity contribution is 0.465. The van der Waals surface area contributed by atoms with E-state index >= 15 is 0 Å². The second-order valence-electron chi connectivity index (χ2n) is 4.03. The Hall–Kier alpha value is -1.36. The predicted molar refractivity (Wildman–Crippen MR) is 56.9 cm³/mol. The van der Waals surface area contributed by atoms with E-state index in [0.29, 0.717) is 12.5 Å². The van der Waals surface area contributed by atoms with Crippen molar-refractivity contribution in [3.63, 3.8) is 0 Å². The van der Waals surface area contributed by atoms with E-state index in [2.05, 4.69) is 5.32 Å². The summed E-state index contributed by atoms with van der Waals surface area (Å²) < 4.78 is 2.83. The maximum atomic E-state index is 11.6. The number of nitrogens with zero attached hydrogens (tertiary/aromatic N) is 2. The van der Waals surface area contributed by atoms with Crippen LogP contribution in [0.25, 0.3) is 0 Å². The fraction of sp³-hybridized carbons (Fsp3) is 0.600. The highest BCUT2D eigenvalue weighted by atomic mass is 16.2. The molecule has 1 aromatic heterocycles. The van der Waals surface area contributed by atoms with E-state index in [-0.39, 0.29) is 0 Å². The van der Waals surface area contributed by atoms with E-state index in [9.17, 15) is 9.59 Å². The van der Waals surface area contributed by atoms with Gasteiger partial charge in [0.15, 0.2) is 0 Å². The van der Waals surface area contributed by atoms with Crippen LogP contribution in [-0.2, 0) is 13.6 Å². The Kier molecular flexibility index (Phi) is 2.73. The van der Waals surface area contributed by atoms with Crippen LogP contribution in [-0.4, -0.2) is 22.2 Å². The first kappa shape index (κ1) is 10.2. The molecule has 82 valence electrons. The molecule has 1 aliphatic rings. The van der Waals surface area contributed by atoms with Gasteiger partial charge in [0.05, 0.1) is 0 Å². The molecule has 0 saturated carbocycles. The lowest BCUT2D eigenvalue weighted by Gasteiger charge is -2.10. The van der Waals surface area contributed by atoms with Crippen LogP contribution in [0.3, 0.4) is 0 Å². The summed E-state index contributed by atoms with van der Waals surface area (Å²) in [5.41, 5.74) is -0.879. The number of aromatic nitrogens is 2. The van der Waals surface area contributed by atoms with Gasteiger partial charge in [0.1, 0.15) is 0 Å². The second kappa shape index (κ2) is 4.02. The molecular formula is C10H15N3O2. The summed E-state index contributed by atoms with van der Waals surface area (Å²) in [6.07, 6.45) is 4.38. The highest BCUT2D eigenvalue weighted by Crippen LogP contribution is 2.08. The van der Waals surface area contributed by atoms with Crippen molar-refractivity contribution in [2.75, 3.05) is 13.1 Å². The van der Waals surface area contributed by atoms with Crippen LogP contribution >= 0.6 is 0 Å². The molecular weight excluding hydrogens is 194 g/mol. The quantitative estimate of drug-likeness (QED) is 0.646. The van der Waals surface area contributed by atoms with E-state index in [4.69, 9.17) is 0 Å². The molecule has 1 N–H and O–H groups in total. The van der Waals surface area contributed by atoms with Gasteiger partial charge in [-0.2, -0.15) is 0 Å². The van der Waals surface area contributed by atoms with Crippen molar-refractivity contribution in [3.05, 3.63) is 33.1 Å². The third-order valence-corrected chi connectivity index (χ3v) is 2.85. The average Bonchev–Trinajstić information content (AvgIpc) is 2.72. The van der Waals surface area contributed by atoms with Crippen molar-refractivity contribution in [1.82, 2.24) is 14.5 Å². The van der Waals surface area contributed by atoms with E-state index in [1.807, 2.05) is 0 Å². The number of rotatable bonds is 2. The smallest absolute Gasteiger partial charge is 0.316 e. The molecule has 1 unspecified atom stereocenters. The number of hydrogen-bond donors (Lipinski definition) is 1. The van der Waals surface area contributed by atoms with E-state index in [1.54, 1.807) is 19.4 Å². The fourth-order valence-electron chi connectivity index (χ4n) is 1.88. The fourth-order valence-corrected chi connectivity index (χ4v) is 1.88. The van der Waals surface area contributed by atoms with Gasteiger partial charge in [-0.05, 0) is 25.4 Å².